The number of hydrogen-bond acceptors (Lipinski definition) is 4. The average Bonchev–Trinajstić information content (AvgIpc) is 3.21. The van der Waals surface area contributed by atoms with Gasteiger partial charge >= 0.3 is 6.18 Å². The molecule has 31 heavy (non-hydrogen) atoms. The van der Waals surface area contributed by atoms with Crippen LogP contribution in [0.15, 0.2) is 65.5 Å². The van der Waals surface area contributed by atoms with Gasteiger partial charge in [-0.2, -0.15) is 13.2 Å². The number of nitrogens with zero attached hydrogens (tertiary/aromatic N) is 2. The van der Waals surface area contributed by atoms with Crippen LogP contribution in [-0.4, -0.2) is 31.4 Å². The van der Waals surface area contributed by atoms with Gasteiger partial charge in [0, 0.05) is 18.3 Å². The number of rotatable bonds is 7. The van der Waals surface area contributed by atoms with E-state index >= 15 is 0 Å². The third-order valence-electron chi connectivity index (χ3n) is 5.43. The van der Waals surface area contributed by atoms with Gasteiger partial charge in [0.15, 0.2) is 0 Å². The van der Waals surface area contributed by atoms with Crippen LogP contribution in [0.25, 0.3) is 0 Å². The molecule has 1 atom stereocenters. The third-order valence-corrected chi connectivity index (χ3v) is 5.43. The Morgan fingerprint density at radius 2 is 1.90 bits per heavy atom. The summed E-state index contributed by atoms with van der Waals surface area (Å²) < 4.78 is 40.6. The molecule has 1 aliphatic heterocycles. The molecule has 0 aromatic heterocycles. The van der Waals surface area contributed by atoms with E-state index in [9.17, 15) is 18.0 Å². The van der Waals surface area contributed by atoms with E-state index in [0.29, 0.717) is 23.7 Å². The van der Waals surface area contributed by atoms with Crippen molar-refractivity contribution < 1.29 is 18.0 Å². The monoisotopic (exact) mass is 432 g/mol. The molecule has 1 heterocycles. The minimum atomic E-state index is -4.52. The minimum Gasteiger partial charge on any atom is -0.352 e. The van der Waals surface area contributed by atoms with Gasteiger partial charge in [-0.25, -0.2) is 5.43 Å². The molecule has 1 fully saturated rings. The van der Waals surface area contributed by atoms with Crippen LogP contribution in [0.3, 0.4) is 0 Å². The zero-order valence-corrected chi connectivity index (χ0v) is 17.2. The first-order chi connectivity index (χ1) is 14.9. The van der Waals surface area contributed by atoms with Gasteiger partial charge in [0.05, 0.1) is 11.7 Å². The third kappa shape index (κ3) is 6.30. The Balaban J connectivity index is 1.66. The molecule has 1 unspecified atom stereocenters. The first kappa shape index (κ1) is 22.8. The molecule has 8 heteroatoms. The normalized spacial score (nSPS) is 20.4. The Bertz CT molecular complexity index is 853. The van der Waals surface area contributed by atoms with Gasteiger partial charge in [-0.3, -0.25) is 14.8 Å². The van der Waals surface area contributed by atoms with Crippen LogP contribution in [0, 0.1) is 5.92 Å². The minimum absolute atomic E-state index is 0.207. The van der Waals surface area contributed by atoms with E-state index in [2.05, 4.69) is 22.5 Å². The largest absolute Gasteiger partial charge is 0.432 e. The Labute approximate surface area is 180 Å². The summed E-state index contributed by atoms with van der Waals surface area (Å²) in [4.78, 5) is 15.9. The zero-order valence-electron chi connectivity index (χ0n) is 17.2. The summed E-state index contributed by atoms with van der Waals surface area (Å²) in [6.07, 6.45) is 8.69. The van der Waals surface area contributed by atoms with Crippen LogP contribution in [-0.2, 0) is 0 Å². The maximum atomic E-state index is 13.5. The van der Waals surface area contributed by atoms with Crippen LogP contribution in [0.2, 0.25) is 0 Å². The molecule has 0 spiro atoms. The summed E-state index contributed by atoms with van der Waals surface area (Å²) in [6.45, 7) is 3.93. The van der Waals surface area contributed by atoms with E-state index in [-0.39, 0.29) is 5.91 Å². The van der Waals surface area contributed by atoms with Crippen LogP contribution in [0.4, 0.5) is 18.9 Å². The molecule has 0 radical (unpaired) electrons. The van der Waals surface area contributed by atoms with Crippen LogP contribution < -0.4 is 15.8 Å². The number of hydrazine groups is 1. The van der Waals surface area contributed by atoms with Gasteiger partial charge in [0.25, 0.3) is 5.91 Å². The van der Waals surface area contributed by atoms with Crippen molar-refractivity contribution in [2.24, 2.45) is 10.9 Å². The molecule has 1 aliphatic carbocycles. The standard InChI is InChI=1S/C23H27F3N4O/c1-27-14-6-5-9-19-15-21(23(24,25)26)30(29-19)20-12-10-18(11-13-20)22(31)28-16-17-7-3-2-4-8-17/h5-6,9-15,17,19,29H,1-4,7-8,16H2,(H,28,31)/b9-5+,14-6-. The fraction of sp³-hybridized carbons (Fsp3) is 0.391. The summed E-state index contributed by atoms with van der Waals surface area (Å²) >= 11 is 0. The number of halogens is 3. The lowest BCUT2D eigenvalue weighted by Gasteiger charge is -2.25. The van der Waals surface area contributed by atoms with Crippen molar-refractivity contribution in [1.29, 1.82) is 0 Å². The smallest absolute Gasteiger partial charge is 0.352 e. The van der Waals surface area contributed by atoms with E-state index in [1.165, 1.54) is 37.6 Å². The van der Waals surface area contributed by atoms with Gasteiger partial charge in [-0.1, -0.05) is 31.4 Å². The van der Waals surface area contributed by atoms with Gasteiger partial charge < -0.3 is 5.32 Å². The maximum absolute atomic E-state index is 13.5. The molecule has 1 aromatic carbocycles. The topological polar surface area (TPSA) is 56.7 Å². The highest BCUT2D eigenvalue weighted by Gasteiger charge is 2.42. The number of amides is 1. The predicted octanol–water partition coefficient (Wildman–Crippen LogP) is 4.91. The Morgan fingerprint density at radius 1 is 1.19 bits per heavy atom. The molecule has 2 N–H and O–H groups in total. The summed E-state index contributed by atoms with van der Waals surface area (Å²) in [5.74, 6) is 0.300. The highest BCUT2D eigenvalue weighted by Crippen LogP contribution is 2.34. The summed E-state index contributed by atoms with van der Waals surface area (Å²) in [5.41, 5.74) is 2.73. The highest BCUT2D eigenvalue weighted by molar-refractivity contribution is 5.94. The molecule has 0 bridgehead atoms. The van der Waals surface area contributed by atoms with Crippen LogP contribution >= 0.6 is 0 Å². The van der Waals surface area contributed by atoms with Crippen molar-refractivity contribution in [3.8, 4) is 0 Å². The van der Waals surface area contributed by atoms with Crippen molar-refractivity contribution in [2.75, 3.05) is 11.6 Å². The number of carbonyl (C=O) groups is 1. The van der Waals surface area contributed by atoms with Crippen molar-refractivity contribution in [3.05, 3.63) is 66.0 Å². The Kier molecular flexibility index (Phi) is 7.68. The molecule has 1 amide bonds. The summed E-state index contributed by atoms with van der Waals surface area (Å²) in [7, 11) is 0. The quantitative estimate of drug-likeness (QED) is 0.476. The van der Waals surface area contributed by atoms with E-state index in [1.54, 1.807) is 30.4 Å². The fourth-order valence-corrected chi connectivity index (χ4v) is 3.82. The first-order valence-corrected chi connectivity index (χ1v) is 10.4. The van der Waals surface area contributed by atoms with Crippen LogP contribution in [0.5, 0.6) is 0 Å². The number of hydrogen-bond donors (Lipinski definition) is 2. The van der Waals surface area contributed by atoms with Gasteiger partial charge in [0.1, 0.15) is 5.70 Å². The summed E-state index contributed by atoms with van der Waals surface area (Å²) in [5, 5.41) is 3.94. The predicted molar refractivity (Wildman–Crippen MR) is 117 cm³/mol. The second kappa shape index (κ2) is 10.4. The number of nitrogens with one attached hydrogen (secondary N) is 2. The lowest BCUT2D eigenvalue weighted by Crippen LogP contribution is -2.39. The number of benzene rings is 1. The van der Waals surface area contributed by atoms with E-state index in [4.69, 9.17) is 0 Å². The van der Waals surface area contributed by atoms with Gasteiger partial charge in [-0.15, -0.1) is 0 Å². The number of anilines is 1. The molecular weight excluding hydrogens is 405 g/mol. The molecular formula is C23H27F3N4O. The lowest BCUT2D eigenvalue weighted by molar-refractivity contribution is -0.0931. The number of allylic oxidation sites excluding steroid dienone is 3. The van der Waals surface area contributed by atoms with Crippen molar-refractivity contribution >= 4 is 18.3 Å². The molecule has 2 aliphatic rings. The first-order valence-electron chi connectivity index (χ1n) is 10.4. The second-order valence-electron chi connectivity index (χ2n) is 7.71. The Morgan fingerprint density at radius 3 is 2.55 bits per heavy atom. The number of aliphatic imine (C=N–C) groups is 1. The van der Waals surface area contributed by atoms with E-state index < -0.39 is 17.9 Å². The SMILES string of the molecule is C=N/C=C\C=C\C1C=C(C(F)(F)F)N(c2ccc(C(=O)NCC3CCCCC3)cc2)N1. The fourth-order valence-electron chi connectivity index (χ4n) is 3.82. The average molecular weight is 432 g/mol. The van der Waals surface area contributed by atoms with Crippen LogP contribution in [0.1, 0.15) is 42.5 Å². The maximum Gasteiger partial charge on any atom is 0.432 e. The van der Waals surface area contributed by atoms with Crippen molar-refractivity contribution in [2.45, 2.75) is 44.3 Å². The zero-order chi connectivity index (χ0) is 22.3. The van der Waals surface area contributed by atoms with E-state index in [0.717, 1.165) is 23.9 Å². The number of carbonyl (C=O) groups excluding carboxylic acids is 1. The molecule has 1 saturated carbocycles. The van der Waals surface area contributed by atoms with E-state index in [1.807, 2.05) is 0 Å². The van der Waals surface area contributed by atoms with Gasteiger partial charge in [0.2, 0.25) is 0 Å². The Hall–Kier alpha value is -2.87. The molecule has 166 valence electrons. The van der Waals surface area contributed by atoms with Gasteiger partial charge in [-0.05, 0) is 61.9 Å². The second-order valence-corrected chi connectivity index (χ2v) is 7.71. The summed E-state index contributed by atoms with van der Waals surface area (Å²) in [6, 6.07) is 5.47. The molecule has 3 rings (SSSR count). The lowest BCUT2D eigenvalue weighted by atomic mass is 9.89. The molecule has 1 aromatic rings. The van der Waals surface area contributed by atoms with Crippen molar-refractivity contribution in [1.82, 2.24) is 10.7 Å². The molecule has 0 saturated heterocycles. The van der Waals surface area contributed by atoms with Crippen molar-refractivity contribution in [3.63, 3.8) is 0 Å². The number of alkyl halides is 3. The molecule has 5 nitrogen and oxygen atoms in total. The highest BCUT2D eigenvalue weighted by atomic mass is 19.4.